The van der Waals surface area contributed by atoms with Crippen LogP contribution < -0.4 is 0 Å². The number of hydrogen-bond donors (Lipinski definition) is 0. The van der Waals surface area contributed by atoms with Crippen LogP contribution in [-0.4, -0.2) is 45.9 Å². The first-order chi connectivity index (χ1) is 20.9. The Labute approximate surface area is 249 Å². The molecule has 2 aliphatic rings. The van der Waals surface area contributed by atoms with E-state index in [-0.39, 0.29) is 24.0 Å². The molecule has 0 saturated heterocycles. The predicted octanol–water partition coefficient (Wildman–Crippen LogP) is 7.40. The number of allylic oxidation sites excluding steroid dienone is 2. The van der Waals surface area contributed by atoms with Gasteiger partial charge in [0.05, 0.1) is 11.3 Å². The minimum Gasteiger partial charge on any atom is -0.294 e. The summed E-state index contributed by atoms with van der Waals surface area (Å²) in [6.45, 7) is 0.771. The molecule has 1 aliphatic heterocycles. The summed E-state index contributed by atoms with van der Waals surface area (Å²) in [4.78, 5) is 29.9. The number of hydrogen-bond acceptors (Lipinski definition) is 4. The highest BCUT2D eigenvalue weighted by Gasteiger charge is 2.49. The van der Waals surface area contributed by atoms with Gasteiger partial charge in [-0.2, -0.15) is 13.2 Å². The molecule has 0 spiro atoms. The molecule has 0 fully saturated rings. The van der Waals surface area contributed by atoms with Gasteiger partial charge in [-0.05, 0) is 74.1 Å². The van der Waals surface area contributed by atoms with Crippen molar-refractivity contribution in [2.24, 2.45) is 11.0 Å². The fraction of sp³-hybridized carbons (Fsp3) is 0.303. The van der Waals surface area contributed by atoms with Crippen LogP contribution in [0.2, 0.25) is 0 Å². The fourth-order valence-corrected chi connectivity index (χ4v) is 5.80. The lowest BCUT2D eigenvalue weighted by Crippen LogP contribution is -2.30. The van der Waals surface area contributed by atoms with Crippen LogP contribution in [0.1, 0.15) is 60.1 Å². The van der Waals surface area contributed by atoms with E-state index in [1.807, 2.05) is 0 Å². The fourth-order valence-electron chi connectivity index (χ4n) is 5.80. The van der Waals surface area contributed by atoms with Gasteiger partial charge < -0.3 is 0 Å². The normalized spacial score (nSPS) is 17.2. The zero-order chi connectivity index (χ0) is 31.6. The Balaban J connectivity index is 1.49. The van der Waals surface area contributed by atoms with Crippen LogP contribution in [0.15, 0.2) is 71.5 Å². The van der Waals surface area contributed by atoms with Gasteiger partial charge in [0.25, 0.3) is 0 Å². The molecular formula is C33H28F6N3O2+. The lowest BCUT2D eigenvalue weighted by atomic mass is 9.86. The monoisotopic (exact) mass is 612 g/mol. The highest BCUT2D eigenvalue weighted by atomic mass is 19.4. The van der Waals surface area contributed by atoms with Crippen molar-refractivity contribution < 1.29 is 40.6 Å². The number of alkyl halides is 3. The van der Waals surface area contributed by atoms with Crippen LogP contribution >= 0.6 is 0 Å². The average Bonchev–Trinajstić information content (AvgIpc) is 3.63. The van der Waals surface area contributed by atoms with E-state index < -0.39 is 59.3 Å². The lowest BCUT2D eigenvalue weighted by Gasteiger charge is -2.19. The molecular weight excluding hydrogens is 584 g/mol. The van der Waals surface area contributed by atoms with E-state index in [9.17, 15) is 35.9 Å². The summed E-state index contributed by atoms with van der Waals surface area (Å²) in [5, 5.41) is 3.74. The molecule has 44 heavy (non-hydrogen) atoms. The first kappa shape index (κ1) is 31.0. The number of aromatic nitrogens is 1. The van der Waals surface area contributed by atoms with Crippen molar-refractivity contribution in [1.29, 1.82) is 0 Å². The minimum absolute atomic E-state index is 0.0402. The van der Waals surface area contributed by atoms with Gasteiger partial charge >= 0.3 is 6.18 Å². The molecule has 3 aromatic rings. The van der Waals surface area contributed by atoms with E-state index in [1.54, 1.807) is 18.2 Å². The number of Topliss-reactive ketones (excluding diaryl/α,β-unsaturated/α-hetero) is 2. The molecule has 1 aliphatic carbocycles. The molecule has 0 radical (unpaired) electrons. The number of hydrazone groups is 1. The quantitative estimate of drug-likeness (QED) is 0.104. The summed E-state index contributed by atoms with van der Waals surface area (Å²) < 4.78 is 85.0. The van der Waals surface area contributed by atoms with Crippen LogP contribution in [0.3, 0.4) is 0 Å². The van der Waals surface area contributed by atoms with Crippen molar-refractivity contribution >= 4 is 23.5 Å². The Morgan fingerprint density at radius 1 is 1.05 bits per heavy atom. The predicted molar refractivity (Wildman–Crippen MR) is 152 cm³/mol. The zero-order valence-electron chi connectivity index (χ0n) is 23.7. The number of carbonyl (C=O) groups excluding carboxylic acids is 2. The van der Waals surface area contributed by atoms with E-state index in [0.717, 1.165) is 29.3 Å². The molecule has 0 amide bonds. The third kappa shape index (κ3) is 7.03. The molecule has 2 aromatic carbocycles. The number of benzene rings is 2. The molecule has 228 valence electrons. The second kappa shape index (κ2) is 12.7. The van der Waals surface area contributed by atoms with Gasteiger partial charge in [0.2, 0.25) is 18.0 Å². The third-order valence-electron chi connectivity index (χ3n) is 7.72. The summed E-state index contributed by atoms with van der Waals surface area (Å²) in [6.07, 6.45) is 1.52. The molecule has 5 nitrogen and oxygen atoms in total. The maximum Gasteiger partial charge on any atom is 0.436 e. The van der Waals surface area contributed by atoms with Gasteiger partial charge in [-0.1, -0.05) is 28.5 Å². The summed E-state index contributed by atoms with van der Waals surface area (Å²) in [5.41, 5.74) is 0.959. The molecule has 2 heterocycles. The topological polar surface area (TPSA) is 62.4 Å². The number of carbonyl (C=O) groups is 2. The van der Waals surface area contributed by atoms with Gasteiger partial charge in [0.1, 0.15) is 23.4 Å². The van der Waals surface area contributed by atoms with Crippen LogP contribution in [0.5, 0.6) is 0 Å². The Morgan fingerprint density at radius 3 is 2.45 bits per heavy atom. The second-order valence-corrected chi connectivity index (χ2v) is 11.0. The highest BCUT2D eigenvalue weighted by molar-refractivity contribution is 6.05. The number of halogens is 6. The standard InChI is InChI=1S/C33H28F6N3O2/c1-19(43)28-15-22(8-9-30(28)36)27-7-4-10-40-31(27)23(11-20-12-24(34)16-25(35)13-20)14-26(44)17-42-18-29(21-5-2-3-6-21)32(41-42)33(37,38)39/h4-5,7-10,12-13,15-16,18,23,29H,2-3,6,11,14,17H2,1H3/q+1/t23-,29?/m1/s1. The molecule has 1 aromatic heterocycles. The van der Waals surface area contributed by atoms with Crippen LogP contribution in [0, 0.1) is 23.4 Å². The summed E-state index contributed by atoms with van der Waals surface area (Å²) in [5.74, 6) is -5.16. The van der Waals surface area contributed by atoms with E-state index in [4.69, 9.17) is 0 Å². The molecule has 0 saturated carbocycles. The Hall–Kier alpha value is -4.41. The number of ketones is 2. The molecule has 1 unspecified atom stereocenters. The average molecular weight is 613 g/mol. The van der Waals surface area contributed by atoms with Gasteiger partial charge in [-0.15, -0.1) is 0 Å². The maximum atomic E-state index is 14.3. The lowest BCUT2D eigenvalue weighted by molar-refractivity contribution is -0.515. The SMILES string of the molecule is CC(=O)c1cc(-c2cccnc2[C@@H](CC(=O)C[N+]2=CC(C3=CCCC3)C(C(F)(F)F)=N2)Cc2cc(F)cc(F)c2)ccc1F. The first-order valence-corrected chi connectivity index (χ1v) is 14.1. The Morgan fingerprint density at radius 2 is 1.80 bits per heavy atom. The smallest absolute Gasteiger partial charge is 0.294 e. The molecule has 5 rings (SSSR count). The van der Waals surface area contributed by atoms with Crippen molar-refractivity contribution in [2.75, 3.05) is 6.54 Å². The van der Waals surface area contributed by atoms with Gasteiger partial charge in [0, 0.05) is 35.3 Å². The maximum absolute atomic E-state index is 14.3. The van der Waals surface area contributed by atoms with Crippen LogP contribution in [0.4, 0.5) is 26.3 Å². The summed E-state index contributed by atoms with van der Waals surface area (Å²) >= 11 is 0. The number of pyridine rings is 1. The van der Waals surface area contributed by atoms with Crippen LogP contribution in [0.25, 0.3) is 11.1 Å². The minimum atomic E-state index is -4.68. The van der Waals surface area contributed by atoms with Crippen molar-refractivity contribution in [2.45, 2.75) is 51.1 Å². The zero-order valence-corrected chi connectivity index (χ0v) is 23.7. The van der Waals surface area contributed by atoms with Gasteiger partial charge in [0.15, 0.2) is 12.0 Å². The van der Waals surface area contributed by atoms with E-state index >= 15 is 0 Å². The number of nitrogens with zero attached hydrogens (tertiary/aromatic N) is 3. The van der Waals surface area contributed by atoms with Crippen LogP contribution in [-0.2, 0) is 11.2 Å². The van der Waals surface area contributed by atoms with Crippen molar-refractivity contribution in [3.63, 3.8) is 0 Å². The Kier molecular flexibility index (Phi) is 8.94. The third-order valence-corrected chi connectivity index (χ3v) is 7.72. The van der Waals surface area contributed by atoms with Crippen molar-refractivity contribution in [3.05, 3.63) is 101 Å². The molecule has 11 heteroatoms. The Bertz CT molecular complexity index is 1690. The van der Waals surface area contributed by atoms with Gasteiger partial charge in [-0.3, -0.25) is 14.6 Å². The van der Waals surface area contributed by atoms with Crippen molar-refractivity contribution in [1.82, 2.24) is 4.98 Å². The first-order valence-electron chi connectivity index (χ1n) is 14.1. The van der Waals surface area contributed by atoms with Gasteiger partial charge in [-0.25, -0.2) is 13.2 Å². The summed E-state index contributed by atoms with van der Waals surface area (Å²) in [7, 11) is 0. The van der Waals surface area contributed by atoms with E-state index in [1.165, 1.54) is 31.5 Å². The van der Waals surface area contributed by atoms with E-state index in [0.29, 0.717) is 41.3 Å². The molecule has 0 bridgehead atoms. The summed E-state index contributed by atoms with van der Waals surface area (Å²) in [6, 6.07) is 10.2. The highest BCUT2D eigenvalue weighted by Crippen LogP contribution is 2.35. The second-order valence-electron chi connectivity index (χ2n) is 11.0. The number of rotatable bonds is 10. The van der Waals surface area contributed by atoms with E-state index in [2.05, 4.69) is 10.1 Å². The largest absolute Gasteiger partial charge is 0.436 e. The molecule has 0 N–H and O–H groups in total. The molecule has 2 atom stereocenters. The van der Waals surface area contributed by atoms with Crippen molar-refractivity contribution in [3.8, 4) is 11.1 Å².